The van der Waals surface area contributed by atoms with Crippen molar-refractivity contribution < 1.29 is 24.3 Å². The summed E-state index contributed by atoms with van der Waals surface area (Å²) in [6, 6.07) is 11.0. The number of carbonyl (C=O) groups excluding carboxylic acids is 3. The monoisotopic (exact) mass is 458 g/mol. The van der Waals surface area contributed by atoms with Crippen molar-refractivity contribution in [2.45, 2.75) is 36.1 Å². The van der Waals surface area contributed by atoms with Gasteiger partial charge in [-0.25, -0.2) is 4.79 Å². The third-order valence-electron chi connectivity index (χ3n) is 5.48. The molecule has 2 amide bonds. The molecule has 2 N–H and O–H groups in total. The molecule has 0 aliphatic carbocycles. The van der Waals surface area contributed by atoms with Gasteiger partial charge in [0, 0.05) is 26.5 Å². The predicted molar refractivity (Wildman–Crippen MR) is 116 cm³/mol. The maximum absolute atomic E-state index is 12.6. The van der Waals surface area contributed by atoms with Crippen molar-refractivity contribution in [1.29, 1.82) is 0 Å². The van der Waals surface area contributed by atoms with Crippen molar-refractivity contribution in [3.63, 3.8) is 0 Å². The first kappa shape index (κ1) is 21.4. The maximum Gasteiger partial charge on any atom is 0.327 e. The van der Waals surface area contributed by atoms with Gasteiger partial charge in [-0.3, -0.25) is 14.4 Å². The van der Waals surface area contributed by atoms with E-state index in [0.717, 1.165) is 0 Å². The first-order chi connectivity index (χ1) is 14.6. The number of nitrogens with zero attached hydrogens (tertiary/aromatic N) is 1. The molecule has 2 aliphatic rings. The van der Waals surface area contributed by atoms with Crippen LogP contribution in [0.5, 0.6) is 0 Å². The van der Waals surface area contributed by atoms with Crippen molar-refractivity contribution >= 4 is 46.9 Å². The van der Waals surface area contributed by atoms with Gasteiger partial charge >= 0.3 is 5.97 Å². The zero-order valence-electron chi connectivity index (χ0n) is 16.7. The van der Waals surface area contributed by atoms with Crippen LogP contribution < -0.4 is 5.32 Å². The van der Waals surface area contributed by atoms with E-state index in [9.17, 15) is 24.3 Å². The number of carboxylic acids is 1. The first-order valence-corrected chi connectivity index (χ1v) is 10.8. The Bertz CT molecular complexity index is 1080. The third-order valence-corrected chi connectivity index (χ3v) is 7.30. The van der Waals surface area contributed by atoms with E-state index in [1.54, 1.807) is 50.2 Å². The van der Waals surface area contributed by atoms with Crippen molar-refractivity contribution in [3.05, 3.63) is 70.2 Å². The fourth-order valence-corrected chi connectivity index (χ4v) is 5.66. The molecule has 2 fully saturated rings. The molecule has 0 aromatic heterocycles. The number of carboxylic acid groups (broad SMARTS) is 1. The minimum atomic E-state index is -1.06. The molecule has 0 unspecified atom stereocenters. The number of rotatable bonds is 5. The number of β-lactam (4-membered cyclic amide) rings is 1. The average Bonchev–Trinajstić information content (AvgIpc) is 3.00. The third kappa shape index (κ3) is 3.70. The molecule has 3 atom stereocenters. The van der Waals surface area contributed by atoms with Crippen molar-refractivity contribution in [2.24, 2.45) is 0 Å². The summed E-state index contributed by atoms with van der Waals surface area (Å²) in [5, 5.41) is 12.3. The van der Waals surface area contributed by atoms with Gasteiger partial charge in [-0.15, -0.1) is 11.8 Å². The minimum absolute atomic E-state index is 0.197. The number of amides is 2. The SMILES string of the molecule is CC1(C)S[C@@H]2[C@H](NC(=O)c3ccc(C(=O)c4ccc(Cl)cc4)cc3)C(=O)N2[C@H]1C(=O)O. The molecule has 160 valence electrons. The average molecular weight is 459 g/mol. The molecule has 2 aromatic rings. The number of aliphatic carboxylic acids is 1. The van der Waals surface area contributed by atoms with Crippen molar-refractivity contribution in [1.82, 2.24) is 10.2 Å². The van der Waals surface area contributed by atoms with Crippen molar-refractivity contribution in [2.75, 3.05) is 0 Å². The molecule has 0 radical (unpaired) electrons. The normalized spacial score (nSPS) is 23.6. The Morgan fingerprint density at radius 3 is 2.06 bits per heavy atom. The van der Waals surface area contributed by atoms with Crippen LogP contribution in [0.25, 0.3) is 0 Å². The van der Waals surface area contributed by atoms with Gasteiger partial charge in [0.25, 0.3) is 5.91 Å². The highest BCUT2D eigenvalue weighted by molar-refractivity contribution is 8.01. The van der Waals surface area contributed by atoms with Crippen LogP contribution in [0.3, 0.4) is 0 Å². The number of halogens is 1. The quantitative estimate of drug-likeness (QED) is 0.527. The van der Waals surface area contributed by atoms with Crippen LogP contribution in [-0.4, -0.2) is 55.8 Å². The summed E-state index contributed by atoms with van der Waals surface area (Å²) >= 11 is 7.21. The summed E-state index contributed by atoms with van der Waals surface area (Å²) in [7, 11) is 0. The molecule has 0 bridgehead atoms. The van der Waals surface area contributed by atoms with Crippen LogP contribution in [0.2, 0.25) is 5.02 Å². The Morgan fingerprint density at radius 1 is 1.00 bits per heavy atom. The van der Waals surface area contributed by atoms with Gasteiger partial charge in [0.1, 0.15) is 17.5 Å². The Morgan fingerprint density at radius 2 is 1.52 bits per heavy atom. The summed E-state index contributed by atoms with van der Waals surface area (Å²) in [5.74, 6) is -2.11. The highest BCUT2D eigenvalue weighted by atomic mass is 35.5. The maximum atomic E-state index is 12.6. The fraction of sp³-hybridized carbons (Fsp3) is 0.273. The molecule has 4 rings (SSSR count). The molecular weight excluding hydrogens is 440 g/mol. The molecule has 9 heteroatoms. The van der Waals surface area contributed by atoms with Crippen LogP contribution in [0.1, 0.15) is 40.1 Å². The second kappa shape index (κ2) is 7.69. The Balaban J connectivity index is 1.44. The van der Waals surface area contributed by atoms with Crippen LogP contribution >= 0.6 is 23.4 Å². The van der Waals surface area contributed by atoms with Gasteiger partial charge in [0.2, 0.25) is 5.91 Å². The number of thioether (sulfide) groups is 1. The van der Waals surface area contributed by atoms with Gasteiger partial charge in [0.05, 0.1) is 0 Å². The standard InChI is InChI=1S/C22H19ClN2O5S/c1-22(2)17(21(29)30)25-19(28)15(20(25)31-22)24-18(27)13-5-3-11(4-6-13)16(26)12-7-9-14(23)10-8-12/h3-10,15,17,20H,1-2H3,(H,24,27)(H,29,30)/t15-,17+,20-/m1/s1. The Kier molecular flexibility index (Phi) is 5.31. The summed E-state index contributed by atoms with van der Waals surface area (Å²) in [5.41, 5.74) is 1.20. The summed E-state index contributed by atoms with van der Waals surface area (Å²) in [6.07, 6.45) is 0. The summed E-state index contributed by atoms with van der Waals surface area (Å²) in [6.45, 7) is 3.55. The lowest BCUT2D eigenvalue weighted by molar-refractivity contribution is -0.159. The number of benzene rings is 2. The molecule has 2 saturated heterocycles. The Hall–Kier alpha value is -2.84. The topological polar surface area (TPSA) is 104 Å². The number of carbonyl (C=O) groups is 4. The van der Waals surface area contributed by atoms with E-state index < -0.39 is 40.0 Å². The number of ketones is 1. The van der Waals surface area contributed by atoms with Gasteiger partial charge in [-0.05, 0) is 50.2 Å². The van der Waals surface area contributed by atoms with E-state index in [1.165, 1.54) is 28.8 Å². The second-order valence-electron chi connectivity index (χ2n) is 7.96. The first-order valence-electron chi connectivity index (χ1n) is 9.54. The number of nitrogens with one attached hydrogen (secondary N) is 1. The fourth-order valence-electron chi connectivity index (χ4n) is 3.91. The second-order valence-corrected chi connectivity index (χ2v) is 10.2. The van der Waals surface area contributed by atoms with Crippen LogP contribution in [0.15, 0.2) is 48.5 Å². The van der Waals surface area contributed by atoms with E-state index >= 15 is 0 Å². The number of fused-ring (bicyclic) bond motifs is 1. The van der Waals surface area contributed by atoms with Crippen LogP contribution in [0.4, 0.5) is 0 Å². The zero-order chi connectivity index (χ0) is 22.5. The lowest BCUT2D eigenvalue weighted by Crippen LogP contribution is -2.70. The van der Waals surface area contributed by atoms with E-state index in [2.05, 4.69) is 5.32 Å². The summed E-state index contributed by atoms with van der Waals surface area (Å²) in [4.78, 5) is 50.6. The van der Waals surface area contributed by atoms with Gasteiger partial charge in [-0.1, -0.05) is 23.7 Å². The van der Waals surface area contributed by atoms with E-state index in [0.29, 0.717) is 21.7 Å². The van der Waals surface area contributed by atoms with Gasteiger partial charge in [-0.2, -0.15) is 0 Å². The predicted octanol–water partition coefficient (Wildman–Crippen LogP) is 2.82. The van der Waals surface area contributed by atoms with Crippen molar-refractivity contribution in [3.8, 4) is 0 Å². The lowest BCUT2D eigenvalue weighted by atomic mass is 9.96. The van der Waals surface area contributed by atoms with Crippen LogP contribution in [0, 0.1) is 0 Å². The van der Waals surface area contributed by atoms with E-state index in [-0.39, 0.29) is 5.78 Å². The molecule has 0 saturated carbocycles. The highest BCUT2D eigenvalue weighted by Gasteiger charge is 2.64. The summed E-state index contributed by atoms with van der Waals surface area (Å²) < 4.78 is -0.657. The Labute approximate surface area is 187 Å². The zero-order valence-corrected chi connectivity index (χ0v) is 18.2. The van der Waals surface area contributed by atoms with Gasteiger partial charge in [0.15, 0.2) is 5.78 Å². The molecule has 0 spiro atoms. The van der Waals surface area contributed by atoms with Gasteiger partial charge < -0.3 is 15.3 Å². The molecule has 31 heavy (non-hydrogen) atoms. The lowest BCUT2D eigenvalue weighted by Gasteiger charge is -2.43. The molecule has 2 aliphatic heterocycles. The largest absolute Gasteiger partial charge is 0.480 e. The van der Waals surface area contributed by atoms with E-state index in [4.69, 9.17) is 11.6 Å². The molecule has 7 nitrogen and oxygen atoms in total. The van der Waals surface area contributed by atoms with Crippen LogP contribution in [-0.2, 0) is 9.59 Å². The highest BCUT2D eigenvalue weighted by Crippen LogP contribution is 2.50. The number of hydrogen-bond donors (Lipinski definition) is 2. The minimum Gasteiger partial charge on any atom is -0.480 e. The number of hydrogen-bond acceptors (Lipinski definition) is 5. The van der Waals surface area contributed by atoms with E-state index in [1.807, 2.05) is 0 Å². The molecule has 2 aromatic carbocycles. The molecular formula is C22H19ClN2O5S. The smallest absolute Gasteiger partial charge is 0.327 e. The molecule has 2 heterocycles.